The van der Waals surface area contributed by atoms with Crippen LogP contribution in [0.15, 0.2) is 54.6 Å². The maximum Gasteiger partial charge on any atom is 0.225 e. The van der Waals surface area contributed by atoms with Gasteiger partial charge in [-0.1, -0.05) is 42.5 Å². The number of hydrogen-bond donors (Lipinski definition) is 3. The van der Waals surface area contributed by atoms with E-state index < -0.39 is 6.10 Å². The summed E-state index contributed by atoms with van der Waals surface area (Å²) in [4.78, 5) is 11.7. The Hall–Kier alpha value is -3.22. The molecule has 2 aliphatic rings. The molecule has 1 atom stereocenters. The number of para-hydroxylation sites is 1. The smallest absolute Gasteiger partial charge is 0.225 e. The lowest BCUT2D eigenvalue weighted by Crippen LogP contribution is -2.32. The van der Waals surface area contributed by atoms with Gasteiger partial charge >= 0.3 is 0 Å². The summed E-state index contributed by atoms with van der Waals surface area (Å²) < 4.78 is 0. The first-order chi connectivity index (χ1) is 19.1. The average molecular weight is 524 g/mol. The number of aromatic nitrogens is 2. The third kappa shape index (κ3) is 5.59. The molecule has 0 aliphatic heterocycles. The van der Waals surface area contributed by atoms with E-state index in [1.807, 2.05) is 26.2 Å². The molecule has 0 amide bonds. The van der Waals surface area contributed by atoms with Crippen LogP contribution in [0.2, 0.25) is 0 Å². The van der Waals surface area contributed by atoms with Gasteiger partial charge in [-0.3, -0.25) is 0 Å². The number of benzene rings is 3. The highest BCUT2D eigenvalue weighted by Gasteiger charge is 2.23. The van der Waals surface area contributed by atoms with Crippen LogP contribution in [-0.2, 0) is 12.8 Å². The van der Waals surface area contributed by atoms with Crippen molar-refractivity contribution >= 4 is 33.4 Å². The fourth-order valence-corrected chi connectivity index (χ4v) is 6.60. The van der Waals surface area contributed by atoms with Crippen LogP contribution in [-0.4, -0.2) is 48.3 Å². The monoisotopic (exact) mass is 523 g/mol. The van der Waals surface area contributed by atoms with Gasteiger partial charge in [0.05, 0.1) is 11.6 Å². The minimum absolute atomic E-state index is 0.399. The first-order valence-electron chi connectivity index (χ1n) is 14.7. The number of hydrogen-bond acceptors (Lipinski definition) is 6. The van der Waals surface area contributed by atoms with Crippen molar-refractivity contribution in [2.75, 3.05) is 37.4 Å². The molecule has 6 heteroatoms. The Bertz CT molecular complexity index is 1430. The molecule has 2 aliphatic carbocycles. The van der Waals surface area contributed by atoms with E-state index >= 15 is 0 Å². The number of aliphatic hydroxyl groups excluding tert-OH is 1. The highest BCUT2D eigenvalue weighted by atomic mass is 16.3. The summed E-state index contributed by atoms with van der Waals surface area (Å²) in [5, 5.41) is 22.0. The van der Waals surface area contributed by atoms with E-state index in [1.54, 1.807) is 0 Å². The first-order valence-corrected chi connectivity index (χ1v) is 14.7. The second-order valence-electron chi connectivity index (χ2n) is 11.7. The van der Waals surface area contributed by atoms with Crippen molar-refractivity contribution in [2.45, 2.75) is 63.5 Å². The lowest BCUT2D eigenvalue weighted by Gasteiger charge is -2.29. The third-order valence-electron chi connectivity index (χ3n) is 8.72. The molecule has 3 aromatic carbocycles. The van der Waals surface area contributed by atoms with Crippen LogP contribution in [0.1, 0.15) is 61.3 Å². The molecule has 0 spiro atoms. The Morgan fingerprint density at radius 3 is 2.49 bits per heavy atom. The summed E-state index contributed by atoms with van der Waals surface area (Å²) >= 11 is 0. The first kappa shape index (κ1) is 26.0. The van der Waals surface area contributed by atoms with E-state index in [2.05, 4.69) is 58.0 Å². The molecule has 3 N–H and O–H groups in total. The van der Waals surface area contributed by atoms with Crippen LogP contribution >= 0.6 is 0 Å². The van der Waals surface area contributed by atoms with Gasteiger partial charge in [0.25, 0.3) is 0 Å². The van der Waals surface area contributed by atoms with Crippen LogP contribution in [0.5, 0.6) is 0 Å². The Morgan fingerprint density at radius 1 is 0.897 bits per heavy atom. The summed E-state index contributed by atoms with van der Waals surface area (Å²) in [6.45, 7) is 2.01. The number of rotatable bonds is 10. The van der Waals surface area contributed by atoms with Crippen molar-refractivity contribution in [1.29, 1.82) is 0 Å². The van der Waals surface area contributed by atoms with Crippen LogP contribution in [0, 0.1) is 5.92 Å². The van der Waals surface area contributed by atoms with E-state index in [-0.39, 0.29) is 0 Å². The molecule has 1 aromatic heterocycles. The maximum absolute atomic E-state index is 11.0. The minimum Gasteiger partial charge on any atom is -0.388 e. The molecule has 0 radical (unpaired) electrons. The zero-order valence-corrected chi connectivity index (χ0v) is 23.3. The molecule has 204 valence electrons. The van der Waals surface area contributed by atoms with Crippen LogP contribution < -0.4 is 15.5 Å². The molecule has 1 saturated carbocycles. The molecular formula is C33H41N5O. The molecule has 4 aromatic rings. The Kier molecular flexibility index (Phi) is 7.67. The van der Waals surface area contributed by atoms with Crippen LogP contribution in [0.25, 0.3) is 21.7 Å². The predicted molar refractivity (Wildman–Crippen MR) is 162 cm³/mol. The van der Waals surface area contributed by atoms with E-state index in [9.17, 15) is 5.11 Å². The van der Waals surface area contributed by atoms with Crippen molar-refractivity contribution in [2.24, 2.45) is 5.92 Å². The van der Waals surface area contributed by atoms with Crippen LogP contribution in [0.3, 0.4) is 0 Å². The molecule has 1 heterocycles. The van der Waals surface area contributed by atoms with Crippen molar-refractivity contribution in [1.82, 2.24) is 15.3 Å². The number of aryl methyl sites for hydroxylation is 2. The normalized spacial score (nSPS) is 19.5. The minimum atomic E-state index is -0.399. The molecule has 0 saturated heterocycles. The van der Waals surface area contributed by atoms with E-state index in [4.69, 9.17) is 9.97 Å². The van der Waals surface area contributed by atoms with Gasteiger partial charge in [0.15, 0.2) is 0 Å². The van der Waals surface area contributed by atoms with Gasteiger partial charge in [0.2, 0.25) is 5.95 Å². The van der Waals surface area contributed by atoms with Gasteiger partial charge in [0, 0.05) is 25.5 Å². The largest absolute Gasteiger partial charge is 0.388 e. The Balaban J connectivity index is 0.943. The highest BCUT2D eigenvalue weighted by molar-refractivity contribution is 5.93. The van der Waals surface area contributed by atoms with E-state index in [0.29, 0.717) is 12.0 Å². The predicted octanol–water partition coefficient (Wildman–Crippen LogP) is 6.02. The average Bonchev–Trinajstić information content (AvgIpc) is 3.38. The Labute approximate surface area is 231 Å². The fourth-order valence-electron chi connectivity index (χ4n) is 6.60. The zero-order chi connectivity index (χ0) is 26.8. The molecular weight excluding hydrogens is 482 g/mol. The van der Waals surface area contributed by atoms with Crippen molar-refractivity contribution in [3.8, 4) is 0 Å². The number of anilines is 2. The van der Waals surface area contributed by atoms with E-state index in [0.717, 1.165) is 79.8 Å². The van der Waals surface area contributed by atoms with Gasteiger partial charge in [-0.15, -0.1) is 0 Å². The topological polar surface area (TPSA) is 73.3 Å². The number of nitrogens with zero attached hydrogens (tertiary/aromatic N) is 3. The highest BCUT2D eigenvalue weighted by Crippen LogP contribution is 2.36. The van der Waals surface area contributed by atoms with Gasteiger partial charge in [-0.2, -0.15) is 4.98 Å². The summed E-state index contributed by atoms with van der Waals surface area (Å²) in [5.74, 6) is 2.40. The molecule has 39 heavy (non-hydrogen) atoms. The molecule has 6 rings (SSSR count). The van der Waals surface area contributed by atoms with E-state index in [1.165, 1.54) is 34.7 Å². The number of fused-ring (bicyclic) bond motifs is 1. The van der Waals surface area contributed by atoms with Crippen molar-refractivity contribution < 1.29 is 5.11 Å². The third-order valence-corrected chi connectivity index (χ3v) is 8.72. The summed E-state index contributed by atoms with van der Waals surface area (Å²) in [6.07, 6.45) is 8.34. The lowest BCUT2D eigenvalue weighted by molar-refractivity contribution is 0.165. The summed E-state index contributed by atoms with van der Waals surface area (Å²) in [5.41, 5.74) is 4.95. The SMILES string of the molecule is CN(C)c1nc(N[C@H]2CC[C@@H](CNCCCC(O)c3ccc4c5c(cccc35)CC4)CC2)nc2ccccc12. The quantitative estimate of drug-likeness (QED) is 0.221. The molecule has 6 nitrogen and oxygen atoms in total. The molecule has 1 unspecified atom stereocenters. The van der Waals surface area contributed by atoms with Crippen molar-refractivity contribution in [3.05, 3.63) is 71.3 Å². The Morgan fingerprint density at radius 2 is 1.67 bits per heavy atom. The van der Waals surface area contributed by atoms with Crippen LogP contribution in [0.4, 0.5) is 11.8 Å². The molecule has 0 bridgehead atoms. The number of aliphatic hydroxyl groups is 1. The zero-order valence-electron chi connectivity index (χ0n) is 23.3. The summed E-state index contributed by atoms with van der Waals surface area (Å²) in [6, 6.07) is 19.6. The second-order valence-corrected chi connectivity index (χ2v) is 11.7. The second kappa shape index (κ2) is 11.5. The summed E-state index contributed by atoms with van der Waals surface area (Å²) in [7, 11) is 4.07. The maximum atomic E-state index is 11.0. The fraction of sp³-hybridized carbons (Fsp3) is 0.455. The van der Waals surface area contributed by atoms with Gasteiger partial charge < -0.3 is 20.6 Å². The van der Waals surface area contributed by atoms with Gasteiger partial charge in [-0.25, -0.2) is 4.98 Å². The standard InChI is InChI=1S/C33H41N5O/c1-38(2)32-28-8-3-4-10-29(28)36-33(37-32)35-25-17-12-22(13-18-25)21-34-20-6-11-30(39)26-19-16-24-15-14-23-7-5-9-27(26)31(23)24/h3-5,7-10,16,19,22,25,30,34,39H,6,11-15,17-18,20-21H2,1-2H3,(H,35,36,37)/t22-,25+,30?. The number of nitrogens with one attached hydrogen (secondary N) is 2. The lowest BCUT2D eigenvalue weighted by atomic mass is 9.86. The van der Waals surface area contributed by atoms with Crippen molar-refractivity contribution in [3.63, 3.8) is 0 Å². The van der Waals surface area contributed by atoms with Gasteiger partial charge in [0.1, 0.15) is 5.82 Å². The molecule has 1 fully saturated rings. The van der Waals surface area contributed by atoms with Gasteiger partial charge in [-0.05, 0) is 110 Å².